The van der Waals surface area contributed by atoms with Crippen molar-refractivity contribution in [3.05, 3.63) is 33.3 Å². The summed E-state index contributed by atoms with van der Waals surface area (Å²) in [6.45, 7) is 0. The molecule has 0 radical (unpaired) electrons. The number of hydrogen-bond acceptors (Lipinski definition) is 2. The molecule has 0 saturated carbocycles. The molecular formula is C5H3BrO2. The standard InChI is InChI=1S/C5H3BrO2/c6-4-1-2-5(7)8-3-4/h1-3H. The van der Waals surface area contributed by atoms with Crippen LogP contribution < -0.4 is 5.63 Å². The third kappa shape index (κ3) is 1.20. The Morgan fingerprint density at radius 1 is 1.50 bits per heavy atom. The van der Waals surface area contributed by atoms with E-state index in [-0.39, 0.29) is 5.63 Å². The van der Waals surface area contributed by atoms with E-state index in [1.165, 1.54) is 12.3 Å². The minimum atomic E-state index is -0.326. The van der Waals surface area contributed by atoms with E-state index in [4.69, 9.17) is 0 Å². The Labute approximate surface area is 54.3 Å². The molecule has 0 aliphatic rings. The summed E-state index contributed by atoms with van der Waals surface area (Å²) in [5, 5.41) is 0. The molecule has 0 saturated heterocycles. The summed E-state index contributed by atoms with van der Waals surface area (Å²) in [6, 6.07) is 2.98. The molecule has 0 aliphatic heterocycles. The van der Waals surface area contributed by atoms with E-state index >= 15 is 0 Å². The van der Waals surface area contributed by atoms with E-state index in [0.29, 0.717) is 0 Å². The van der Waals surface area contributed by atoms with Crippen molar-refractivity contribution in [1.29, 1.82) is 0 Å². The highest BCUT2D eigenvalue weighted by atomic mass is 79.9. The second-order valence-electron chi connectivity index (χ2n) is 1.27. The quantitative estimate of drug-likeness (QED) is 0.596. The van der Waals surface area contributed by atoms with E-state index in [2.05, 4.69) is 20.3 Å². The fourth-order valence-electron chi connectivity index (χ4n) is 0.341. The molecule has 8 heavy (non-hydrogen) atoms. The molecule has 0 amide bonds. The average Bonchev–Trinajstić information content (AvgIpc) is 1.77. The van der Waals surface area contributed by atoms with Gasteiger partial charge in [-0.2, -0.15) is 0 Å². The van der Waals surface area contributed by atoms with Gasteiger partial charge in [0.15, 0.2) is 0 Å². The highest BCUT2D eigenvalue weighted by molar-refractivity contribution is 9.10. The van der Waals surface area contributed by atoms with Gasteiger partial charge >= 0.3 is 5.63 Å². The third-order valence-corrected chi connectivity index (χ3v) is 1.12. The van der Waals surface area contributed by atoms with Crippen molar-refractivity contribution in [3.63, 3.8) is 0 Å². The van der Waals surface area contributed by atoms with Crippen LogP contribution in [0, 0.1) is 0 Å². The predicted molar refractivity (Wildman–Crippen MR) is 32.7 cm³/mol. The largest absolute Gasteiger partial charge is 0.430 e. The molecule has 0 fully saturated rings. The fourth-order valence-corrected chi connectivity index (χ4v) is 0.566. The van der Waals surface area contributed by atoms with Gasteiger partial charge in [0.1, 0.15) is 6.26 Å². The summed E-state index contributed by atoms with van der Waals surface area (Å²) < 4.78 is 5.23. The van der Waals surface area contributed by atoms with E-state index in [1.54, 1.807) is 6.07 Å². The van der Waals surface area contributed by atoms with Crippen LogP contribution in [0.2, 0.25) is 0 Å². The van der Waals surface area contributed by atoms with Crippen LogP contribution in [0.4, 0.5) is 0 Å². The van der Waals surface area contributed by atoms with Crippen molar-refractivity contribution in [2.75, 3.05) is 0 Å². The molecule has 42 valence electrons. The molecule has 0 aliphatic carbocycles. The van der Waals surface area contributed by atoms with E-state index in [0.717, 1.165) is 4.47 Å². The number of halogens is 1. The minimum Gasteiger partial charge on any atom is -0.430 e. The summed E-state index contributed by atoms with van der Waals surface area (Å²) in [7, 11) is 0. The van der Waals surface area contributed by atoms with Crippen molar-refractivity contribution in [3.8, 4) is 0 Å². The smallest absolute Gasteiger partial charge is 0.335 e. The maximum atomic E-state index is 10.2. The van der Waals surface area contributed by atoms with Crippen LogP contribution in [0.25, 0.3) is 0 Å². The second-order valence-corrected chi connectivity index (χ2v) is 2.19. The van der Waals surface area contributed by atoms with Crippen LogP contribution in [0.5, 0.6) is 0 Å². The Hall–Kier alpha value is -0.570. The lowest BCUT2D eigenvalue weighted by molar-refractivity contribution is 0.507. The molecular weight excluding hydrogens is 172 g/mol. The lowest BCUT2D eigenvalue weighted by Gasteiger charge is -1.80. The molecule has 0 unspecified atom stereocenters. The van der Waals surface area contributed by atoms with Crippen molar-refractivity contribution < 1.29 is 4.42 Å². The molecule has 2 nitrogen and oxygen atoms in total. The van der Waals surface area contributed by atoms with Crippen LogP contribution >= 0.6 is 15.9 Å². The maximum Gasteiger partial charge on any atom is 0.335 e. The van der Waals surface area contributed by atoms with Gasteiger partial charge in [-0.05, 0) is 22.0 Å². The van der Waals surface area contributed by atoms with Gasteiger partial charge in [-0.25, -0.2) is 4.79 Å². The lowest BCUT2D eigenvalue weighted by Crippen LogP contribution is -1.91. The molecule has 1 aromatic heterocycles. The van der Waals surface area contributed by atoms with Crippen LogP contribution in [0.3, 0.4) is 0 Å². The zero-order valence-corrected chi connectivity index (χ0v) is 5.51. The maximum absolute atomic E-state index is 10.2. The van der Waals surface area contributed by atoms with Crippen molar-refractivity contribution in [2.45, 2.75) is 0 Å². The van der Waals surface area contributed by atoms with Gasteiger partial charge in [0.05, 0.1) is 4.47 Å². The number of hydrogen-bond donors (Lipinski definition) is 0. The molecule has 3 heteroatoms. The monoisotopic (exact) mass is 174 g/mol. The SMILES string of the molecule is O=c1ccc(Br)co1. The first-order valence-corrected chi connectivity index (χ1v) is 2.83. The first kappa shape index (κ1) is 5.56. The van der Waals surface area contributed by atoms with Gasteiger partial charge in [-0.3, -0.25) is 0 Å². The summed E-state index contributed by atoms with van der Waals surface area (Å²) >= 11 is 3.11. The fraction of sp³-hybridized carbons (Fsp3) is 0. The first-order chi connectivity index (χ1) is 3.79. The van der Waals surface area contributed by atoms with E-state index in [9.17, 15) is 4.79 Å². The zero-order valence-electron chi connectivity index (χ0n) is 3.93. The van der Waals surface area contributed by atoms with Crippen molar-refractivity contribution in [1.82, 2.24) is 0 Å². The van der Waals surface area contributed by atoms with E-state index in [1.807, 2.05) is 0 Å². The predicted octanol–water partition coefficient (Wildman–Crippen LogP) is 1.40. The molecule has 1 rings (SSSR count). The van der Waals surface area contributed by atoms with Crippen LogP contribution in [-0.2, 0) is 0 Å². The van der Waals surface area contributed by atoms with E-state index < -0.39 is 0 Å². The van der Waals surface area contributed by atoms with Crippen LogP contribution in [0.1, 0.15) is 0 Å². The van der Waals surface area contributed by atoms with Gasteiger partial charge in [0.2, 0.25) is 0 Å². The molecule has 1 heterocycles. The van der Waals surface area contributed by atoms with Crippen molar-refractivity contribution >= 4 is 15.9 Å². The Kier molecular flexibility index (Phi) is 1.48. The second kappa shape index (κ2) is 2.13. The highest BCUT2D eigenvalue weighted by Crippen LogP contribution is 2.03. The molecule has 0 spiro atoms. The Morgan fingerprint density at radius 2 is 2.25 bits per heavy atom. The molecule has 0 aromatic carbocycles. The third-order valence-electron chi connectivity index (χ3n) is 0.666. The van der Waals surface area contributed by atoms with Gasteiger partial charge in [0.25, 0.3) is 0 Å². The molecule has 1 aromatic rings. The average molecular weight is 175 g/mol. The first-order valence-electron chi connectivity index (χ1n) is 2.03. The summed E-state index contributed by atoms with van der Waals surface area (Å²) in [5.74, 6) is 0. The highest BCUT2D eigenvalue weighted by Gasteiger charge is 1.83. The van der Waals surface area contributed by atoms with Gasteiger partial charge < -0.3 is 4.42 Å². The van der Waals surface area contributed by atoms with Gasteiger partial charge in [0, 0.05) is 6.07 Å². The molecule has 0 atom stereocenters. The summed E-state index contributed by atoms with van der Waals surface area (Å²) in [4.78, 5) is 10.2. The van der Waals surface area contributed by atoms with Crippen LogP contribution in [0.15, 0.2) is 32.1 Å². The van der Waals surface area contributed by atoms with Gasteiger partial charge in [-0.15, -0.1) is 0 Å². The van der Waals surface area contributed by atoms with Crippen molar-refractivity contribution in [2.24, 2.45) is 0 Å². The molecule has 0 bridgehead atoms. The minimum absolute atomic E-state index is 0.326. The van der Waals surface area contributed by atoms with Crippen LogP contribution in [-0.4, -0.2) is 0 Å². The normalized spacial score (nSPS) is 9.12. The number of rotatable bonds is 0. The Morgan fingerprint density at radius 3 is 2.62 bits per heavy atom. The lowest BCUT2D eigenvalue weighted by atomic mass is 10.5. The zero-order chi connectivity index (χ0) is 5.98. The van der Waals surface area contributed by atoms with Gasteiger partial charge in [-0.1, -0.05) is 0 Å². The Balaban J connectivity index is 3.22. The Bertz CT molecular complexity index is 208. The topological polar surface area (TPSA) is 30.2 Å². The molecule has 0 N–H and O–H groups in total. The summed E-state index contributed by atoms with van der Waals surface area (Å²) in [5.41, 5.74) is -0.326. The summed E-state index contributed by atoms with van der Waals surface area (Å²) in [6.07, 6.45) is 1.35.